The van der Waals surface area contributed by atoms with Gasteiger partial charge in [0.1, 0.15) is 5.75 Å². The fourth-order valence-corrected chi connectivity index (χ4v) is 2.91. The zero-order valence-electron chi connectivity index (χ0n) is 16.4. The van der Waals surface area contributed by atoms with E-state index in [0.29, 0.717) is 13.1 Å². The molecule has 27 heavy (non-hydrogen) atoms. The fraction of sp³-hybridized carbons (Fsp3) is 0.350. The van der Waals surface area contributed by atoms with Crippen molar-refractivity contribution in [3.05, 3.63) is 47.3 Å². The third-order valence-corrected chi connectivity index (χ3v) is 4.42. The van der Waals surface area contributed by atoms with Crippen molar-refractivity contribution >= 4 is 18.0 Å². The summed E-state index contributed by atoms with van der Waals surface area (Å²) in [6, 6.07) is 9.73. The molecule has 7 heteroatoms. The summed E-state index contributed by atoms with van der Waals surface area (Å²) in [5, 5.41) is 3.94. The monoisotopic (exact) mass is 370 g/mol. The Morgan fingerprint density at radius 3 is 2.37 bits per heavy atom. The molecule has 0 saturated carbocycles. The SMILES string of the molecule is CCN(CC)C(=O)C(=O)N/N=C\c1cc(C)n(-c2ccc(OC)cc2)c1C. The molecule has 1 heterocycles. The molecule has 0 unspecified atom stereocenters. The summed E-state index contributed by atoms with van der Waals surface area (Å²) in [4.78, 5) is 25.3. The second-order valence-corrected chi connectivity index (χ2v) is 6.04. The number of rotatable bonds is 6. The van der Waals surface area contributed by atoms with Crippen LogP contribution in [0.2, 0.25) is 0 Å². The number of hydrogen-bond acceptors (Lipinski definition) is 4. The average molecular weight is 370 g/mol. The van der Waals surface area contributed by atoms with Gasteiger partial charge in [0.15, 0.2) is 0 Å². The first-order chi connectivity index (χ1) is 12.9. The van der Waals surface area contributed by atoms with E-state index >= 15 is 0 Å². The van der Waals surface area contributed by atoms with E-state index in [1.807, 2.05) is 58.0 Å². The molecule has 0 atom stereocenters. The Morgan fingerprint density at radius 1 is 1.19 bits per heavy atom. The lowest BCUT2D eigenvalue weighted by atomic mass is 10.2. The van der Waals surface area contributed by atoms with Gasteiger partial charge in [-0.15, -0.1) is 0 Å². The van der Waals surface area contributed by atoms with Crippen molar-refractivity contribution in [1.29, 1.82) is 0 Å². The molecule has 0 bridgehead atoms. The largest absolute Gasteiger partial charge is 0.497 e. The summed E-state index contributed by atoms with van der Waals surface area (Å²) in [6.45, 7) is 8.58. The number of nitrogens with one attached hydrogen (secondary N) is 1. The molecule has 0 fully saturated rings. The lowest BCUT2D eigenvalue weighted by Gasteiger charge is -2.16. The number of carbonyl (C=O) groups is 2. The van der Waals surface area contributed by atoms with Crippen LogP contribution in [0.5, 0.6) is 5.75 Å². The van der Waals surface area contributed by atoms with Crippen molar-refractivity contribution < 1.29 is 14.3 Å². The van der Waals surface area contributed by atoms with Crippen molar-refractivity contribution in [1.82, 2.24) is 14.9 Å². The molecule has 2 rings (SSSR count). The number of hydrogen-bond donors (Lipinski definition) is 1. The van der Waals surface area contributed by atoms with Gasteiger partial charge < -0.3 is 14.2 Å². The number of ether oxygens (including phenoxy) is 1. The maximum Gasteiger partial charge on any atom is 0.329 e. The molecule has 0 aliphatic carbocycles. The molecular weight excluding hydrogens is 344 g/mol. The molecule has 144 valence electrons. The maximum atomic E-state index is 11.9. The highest BCUT2D eigenvalue weighted by molar-refractivity contribution is 6.34. The molecule has 1 aromatic heterocycles. The van der Waals surface area contributed by atoms with Crippen LogP contribution in [0.25, 0.3) is 5.69 Å². The molecule has 2 aromatic rings. The first kappa shape index (κ1) is 20.2. The summed E-state index contributed by atoms with van der Waals surface area (Å²) in [7, 11) is 1.63. The van der Waals surface area contributed by atoms with E-state index in [1.54, 1.807) is 13.3 Å². The van der Waals surface area contributed by atoms with Gasteiger partial charge in [0.25, 0.3) is 0 Å². The molecule has 0 aliphatic heterocycles. The highest BCUT2D eigenvalue weighted by Gasteiger charge is 2.18. The van der Waals surface area contributed by atoms with E-state index < -0.39 is 11.8 Å². The molecule has 0 saturated heterocycles. The van der Waals surface area contributed by atoms with Gasteiger partial charge in [0.2, 0.25) is 0 Å². The van der Waals surface area contributed by atoms with Gasteiger partial charge in [-0.2, -0.15) is 5.10 Å². The second kappa shape index (κ2) is 9.02. The van der Waals surface area contributed by atoms with E-state index in [-0.39, 0.29) is 0 Å². The third kappa shape index (κ3) is 4.55. The maximum absolute atomic E-state index is 11.9. The summed E-state index contributed by atoms with van der Waals surface area (Å²) in [5.41, 5.74) is 6.18. The Kier molecular flexibility index (Phi) is 6.76. The summed E-state index contributed by atoms with van der Waals surface area (Å²) in [5.74, 6) is -0.525. The standard InChI is InChI=1S/C20H26N4O3/c1-6-23(7-2)20(26)19(25)22-21-13-16-12-14(3)24(15(16)4)17-8-10-18(27-5)11-9-17/h8-13H,6-7H2,1-5H3,(H,22,25)/b21-13-. The minimum atomic E-state index is -0.737. The van der Waals surface area contributed by atoms with E-state index in [0.717, 1.165) is 28.4 Å². The predicted molar refractivity (Wildman–Crippen MR) is 105 cm³/mol. The van der Waals surface area contributed by atoms with Crippen LogP contribution in [-0.2, 0) is 9.59 Å². The molecule has 2 amide bonds. The zero-order valence-corrected chi connectivity index (χ0v) is 16.4. The number of nitrogens with zero attached hydrogens (tertiary/aromatic N) is 3. The van der Waals surface area contributed by atoms with Crippen LogP contribution >= 0.6 is 0 Å². The fourth-order valence-electron chi connectivity index (χ4n) is 2.91. The quantitative estimate of drug-likeness (QED) is 0.482. The summed E-state index contributed by atoms with van der Waals surface area (Å²) >= 11 is 0. The normalized spacial score (nSPS) is 10.9. The number of aromatic nitrogens is 1. The first-order valence-corrected chi connectivity index (χ1v) is 8.88. The van der Waals surface area contributed by atoms with Crippen molar-refractivity contribution in [2.24, 2.45) is 5.10 Å². The van der Waals surface area contributed by atoms with E-state index in [1.165, 1.54) is 4.90 Å². The lowest BCUT2D eigenvalue weighted by Crippen LogP contribution is -2.41. The number of methoxy groups -OCH3 is 1. The van der Waals surface area contributed by atoms with Gasteiger partial charge in [-0.25, -0.2) is 5.43 Å². The number of likely N-dealkylation sites (N-methyl/N-ethyl adjacent to an activating group) is 1. The highest BCUT2D eigenvalue weighted by atomic mass is 16.5. The van der Waals surface area contributed by atoms with Gasteiger partial charge >= 0.3 is 11.8 Å². The molecule has 7 nitrogen and oxygen atoms in total. The highest BCUT2D eigenvalue weighted by Crippen LogP contribution is 2.21. The van der Waals surface area contributed by atoms with Gasteiger partial charge in [-0.1, -0.05) is 0 Å². The number of carbonyl (C=O) groups excluding carboxylic acids is 2. The van der Waals surface area contributed by atoms with Crippen LogP contribution in [-0.4, -0.2) is 47.7 Å². The van der Waals surface area contributed by atoms with Crippen LogP contribution in [0.3, 0.4) is 0 Å². The Hall–Kier alpha value is -3.09. The molecule has 1 aromatic carbocycles. The van der Waals surface area contributed by atoms with Crippen LogP contribution in [0.15, 0.2) is 35.4 Å². The van der Waals surface area contributed by atoms with E-state index in [2.05, 4.69) is 15.1 Å². The van der Waals surface area contributed by atoms with Gasteiger partial charge in [-0.3, -0.25) is 9.59 Å². The van der Waals surface area contributed by atoms with Crippen LogP contribution in [0, 0.1) is 13.8 Å². The van der Waals surface area contributed by atoms with Gasteiger partial charge in [0, 0.05) is 35.7 Å². The van der Waals surface area contributed by atoms with Crippen molar-refractivity contribution in [2.75, 3.05) is 20.2 Å². The van der Waals surface area contributed by atoms with Gasteiger partial charge in [-0.05, 0) is 58.0 Å². The number of amides is 2. The zero-order chi connectivity index (χ0) is 20.0. The molecular formula is C20H26N4O3. The van der Waals surface area contributed by atoms with Crippen LogP contribution in [0.4, 0.5) is 0 Å². The third-order valence-electron chi connectivity index (χ3n) is 4.42. The Labute approximate surface area is 159 Å². The first-order valence-electron chi connectivity index (χ1n) is 8.88. The number of benzene rings is 1. The number of hydrazone groups is 1. The minimum Gasteiger partial charge on any atom is -0.497 e. The van der Waals surface area contributed by atoms with E-state index in [9.17, 15) is 9.59 Å². The minimum absolute atomic E-state index is 0.482. The molecule has 0 radical (unpaired) electrons. The van der Waals surface area contributed by atoms with Crippen LogP contribution in [0.1, 0.15) is 30.8 Å². The Balaban J connectivity index is 2.15. The van der Waals surface area contributed by atoms with Crippen molar-refractivity contribution in [3.63, 3.8) is 0 Å². The molecule has 1 N–H and O–H groups in total. The lowest BCUT2D eigenvalue weighted by molar-refractivity contribution is -0.145. The van der Waals surface area contributed by atoms with Crippen molar-refractivity contribution in [2.45, 2.75) is 27.7 Å². The molecule has 0 spiro atoms. The van der Waals surface area contributed by atoms with E-state index in [4.69, 9.17) is 4.74 Å². The summed E-state index contributed by atoms with van der Waals surface area (Å²) < 4.78 is 7.28. The predicted octanol–water partition coefficient (Wildman–Crippen LogP) is 2.42. The van der Waals surface area contributed by atoms with Gasteiger partial charge in [0.05, 0.1) is 13.3 Å². The topological polar surface area (TPSA) is 75.9 Å². The molecule has 0 aliphatic rings. The Bertz CT molecular complexity index is 834. The average Bonchev–Trinajstić information content (AvgIpc) is 2.96. The van der Waals surface area contributed by atoms with Crippen LogP contribution < -0.4 is 10.2 Å². The summed E-state index contributed by atoms with van der Waals surface area (Å²) in [6.07, 6.45) is 1.55. The second-order valence-electron chi connectivity index (χ2n) is 6.04. The number of aryl methyl sites for hydroxylation is 1. The Morgan fingerprint density at radius 2 is 1.81 bits per heavy atom. The smallest absolute Gasteiger partial charge is 0.329 e. The van der Waals surface area contributed by atoms with Crippen molar-refractivity contribution in [3.8, 4) is 11.4 Å².